The lowest BCUT2D eigenvalue weighted by molar-refractivity contribution is -0.137. The summed E-state index contributed by atoms with van der Waals surface area (Å²) in [5.74, 6) is -2.02. The first-order chi connectivity index (χ1) is 15.9. The second kappa shape index (κ2) is 11.4. The SMILES string of the molecule is NC(Nc1cccc(C(=O)NCC(=O)NC(CC(=O)O)c2cccnc2)c1)c1ccccc1. The van der Waals surface area contributed by atoms with Gasteiger partial charge >= 0.3 is 5.97 Å². The Hall–Kier alpha value is -4.24. The molecular formula is C24H25N5O4. The maximum absolute atomic E-state index is 12.5. The molecule has 33 heavy (non-hydrogen) atoms. The van der Waals surface area contributed by atoms with Crippen LogP contribution in [0.3, 0.4) is 0 Å². The van der Waals surface area contributed by atoms with Crippen molar-refractivity contribution in [1.29, 1.82) is 0 Å². The van der Waals surface area contributed by atoms with Gasteiger partial charge < -0.3 is 26.8 Å². The molecule has 1 aromatic heterocycles. The highest BCUT2D eigenvalue weighted by Crippen LogP contribution is 2.17. The van der Waals surface area contributed by atoms with Crippen molar-refractivity contribution in [2.75, 3.05) is 11.9 Å². The number of nitrogens with two attached hydrogens (primary N) is 1. The number of carboxylic acids is 1. The van der Waals surface area contributed by atoms with Crippen LogP contribution < -0.4 is 21.7 Å². The van der Waals surface area contributed by atoms with Crippen molar-refractivity contribution in [3.8, 4) is 0 Å². The molecule has 1 heterocycles. The van der Waals surface area contributed by atoms with Crippen molar-refractivity contribution in [2.24, 2.45) is 5.73 Å². The summed E-state index contributed by atoms with van der Waals surface area (Å²) in [5, 5.41) is 17.4. The number of amides is 2. The summed E-state index contributed by atoms with van der Waals surface area (Å²) in [6, 6.07) is 18.8. The number of rotatable bonds is 10. The Balaban J connectivity index is 1.57. The lowest BCUT2D eigenvalue weighted by Gasteiger charge is -2.17. The van der Waals surface area contributed by atoms with E-state index in [0.717, 1.165) is 5.56 Å². The highest BCUT2D eigenvalue weighted by molar-refractivity contribution is 5.97. The molecule has 0 spiro atoms. The Morgan fingerprint density at radius 2 is 1.73 bits per heavy atom. The number of nitrogens with one attached hydrogen (secondary N) is 3. The predicted octanol–water partition coefficient (Wildman–Crippen LogP) is 2.21. The molecule has 9 heteroatoms. The summed E-state index contributed by atoms with van der Waals surface area (Å²) in [5.41, 5.74) is 8.63. The summed E-state index contributed by atoms with van der Waals surface area (Å²) in [6.45, 7) is -0.309. The fraction of sp³-hybridized carbons (Fsp3) is 0.167. The molecule has 0 saturated carbocycles. The van der Waals surface area contributed by atoms with Gasteiger partial charge in [-0.25, -0.2) is 0 Å². The van der Waals surface area contributed by atoms with Gasteiger partial charge in [0.15, 0.2) is 0 Å². The van der Waals surface area contributed by atoms with E-state index >= 15 is 0 Å². The van der Waals surface area contributed by atoms with E-state index in [4.69, 9.17) is 10.8 Å². The minimum atomic E-state index is -1.06. The van der Waals surface area contributed by atoms with Crippen molar-refractivity contribution in [3.05, 3.63) is 95.8 Å². The van der Waals surface area contributed by atoms with Crippen LogP contribution in [0.15, 0.2) is 79.1 Å². The number of aliphatic carboxylic acids is 1. The number of benzene rings is 2. The van der Waals surface area contributed by atoms with Gasteiger partial charge in [0, 0.05) is 23.6 Å². The average Bonchev–Trinajstić information content (AvgIpc) is 2.83. The van der Waals surface area contributed by atoms with E-state index in [0.29, 0.717) is 16.8 Å². The molecule has 9 nitrogen and oxygen atoms in total. The highest BCUT2D eigenvalue weighted by Gasteiger charge is 2.19. The first-order valence-electron chi connectivity index (χ1n) is 10.3. The number of pyridine rings is 1. The van der Waals surface area contributed by atoms with Crippen LogP contribution in [-0.2, 0) is 9.59 Å². The molecule has 2 atom stereocenters. The topological polar surface area (TPSA) is 146 Å². The fourth-order valence-corrected chi connectivity index (χ4v) is 3.19. The Morgan fingerprint density at radius 3 is 2.42 bits per heavy atom. The van der Waals surface area contributed by atoms with Gasteiger partial charge in [-0.3, -0.25) is 19.4 Å². The third-order valence-electron chi connectivity index (χ3n) is 4.82. The van der Waals surface area contributed by atoms with E-state index in [2.05, 4.69) is 20.9 Å². The first kappa shape index (κ1) is 23.4. The standard InChI is InChI=1S/C24H25N5O4/c25-23(16-6-2-1-3-7-16)28-19-10-4-8-17(12-19)24(33)27-15-21(30)29-20(13-22(31)32)18-9-5-11-26-14-18/h1-12,14,20,23,28H,13,15,25H2,(H,27,33)(H,29,30)(H,31,32). The van der Waals surface area contributed by atoms with Gasteiger partial charge in [-0.15, -0.1) is 0 Å². The second-order valence-corrected chi connectivity index (χ2v) is 7.30. The van der Waals surface area contributed by atoms with Gasteiger partial charge in [0.05, 0.1) is 19.0 Å². The van der Waals surface area contributed by atoms with E-state index in [1.165, 1.54) is 6.20 Å². The molecule has 0 aliphatic carbocycles. The molecule has 2 unspecified atom stereocenters. The first-order valence-corrected chi connectivity index (χ1v) is 10.3. The molecular weight excluding hydrogens is 422 g/mol. The zero-order valence-corrected chi connectivity index (χ0v) is 17.8. The van der Waals surface area contributed by atoms with Gasteiger partial charge in [0.1, 0.15) is 6.17 Å². The summed E-state index contributed by atoms with van der Waals surface area (Å²) in [7, 11) is 0. The molecule has 0 radical (unpaired) electrons. The quantitative estimate of drug-likeness (QED) is 0.299. The number of carboxylic acid groups (broad SMARTS) is 1. The number of hydrogen-bond donors (Lipinski definition) is 5. The molecule has 170 valence electrons. The van der Waals surface area contributed by atoms with Gasteiger partial charge in [0.2, 0.25) is 5.91 Å². The van der Waals surface area contributed by atoms with Crippen LogP contribution in [0.5, 0.6) is 0 Å². The molecule has 0 fully saturated rings. The minimum absolute atomic E-state index is 0.305. The normalized spacial score (nSPS) is 12.3. The highest BCUT2D eigenvalue weighted by atomic mass is 16.4. The van der Waals surface area contributed by atoms with E-state index in [9.17, 15) is 14.4 Å². The maximum Gasteiger partial charge on any atom is 0.305 e. The van der Waals surface area contributed by atoms with E-state index in [1.54, 1.807) is 42.6 Å². The van der Waals surface area contributed by atoms with Crippen LogP contribution in [0.25, 0.3) is 0 Å². The molecule has 3 aromatic rings. The zero-order chi connectivity index (χ0) is 23.6. The van der Waals surface area contributed by atoms with Gasteiger partial charge in [0.25, 0.3) is 5.91 Å². The van der Waals surface area contributed by atoms with Crippen molar-refractivity contribution in [1.82, 2.24) is 15.6 Å². The van der Waals surface area contributed by atoms with Crippen molar-refractivity contribution in [2.45, 2.75) is 18.6 Å². The third kappa shape index (κ3) is 7.15. The van der Waals surface area contributed by atoms with Crippen LogP contribution in [0.2, 0.25) is 0 Å². The molecule has 2 aromatic carbocycles. The van der Waals surface area contributed by atoms with E-state index in [-0.39, 0.29) is 13.0 Å². The van der Waals surface area contributed by atoms with E-state index < -0.39 is 30.0 Å². The monoisotopic (exact) mass is 447 g/mol. The maximum atomic E-state index is 12.5. The van der Waals surface area contributed by atoms with Gasteiger partial charge in [-0.1, -0.05) is 42.5 Å². The molecule has 6 N–H and O–H groups in total. The van der Waals surface area contributed by atoms with Crippen LogP contribution >= 0.6 is 0 Å². The van der Waals surface area contributed by atoms with Crippen molar-refractivity contribution < 1.29 is 19.5 Å². The van der Waals surface area contributed by atoms with Crippen LogP contribution in [0.1, 0.15) is 40.1 Å². The average molecular weight is 447 g/mol. The summed E-state index contributed by atoms with van der Waals surface area (Å²) in [4.78, 5) is 40.0. The number of carbonyl (C=O) groups is 3. The Bertz CT molecular complexity index is 1090. The molecule has 0 aliphatic heterocycles. The number of hydrogen-bond acceptors (Lipinski definition) is 6. The Labute approximate surface area is 191 Å². The predicted molar refractivity (Wildman–Crippen MR) is 123 cm³/mol. The molecule has 2 amide bonds. The lowest BCUT2D eigenvalue weighted by atomic mass is 10.1. The molecule has 0 bridgehead atoms. The fourth-order valence-electron chi connectivity index (χ4n) is 3.19. The summed E-state index contributed by atoms with van der Waals surface area (Å²) >= 11 is 0. The number of nitrogens with zero attached hydrogens (tertiary/aromatic N) is 1. The Kier molecular flexibility index (Phi) is 8.09. The molecule has 0 aliphatic rings. The van der Waals surface area contributed by atoms with Crippen LogP contribution in [0, 0.1) is 0 Å². The third-order valence-corrected chi connectivity index (χ3v) is 4.82. The zero-order valence-electron chi connectivity index (χ0n) is 17.8. The summed E-state index contributed by atoms with van der Waals surface area (Å²) < 4.78 is 0. The van der Waals surface area contributed by atoms with Gasteiger partial charge in [-0.2, -0.15) is 0 Å². The van der Waals surface area contributed by atoms with E-state index in [1.807, 2.05) is 30.3 Å². The number of carbonyl (C=O) groups excluding carboxylic acids is 2. The Morgan fingerprint density at radius 1 is 0.970 bits per heavy atom. The number of aromatic nitrogens is 1. The minimum Gasteiger partial charge on any atom is -0.481 e. The van der Waals surface area contributed by atoms with Gasteiger partial charge in [-0.05, 0) is 35.4 Å². The van der Waals surface area contributed by atoms with Crippen LogP contribution in [0.4, 0.5) is 5.69 Å². The lowest BCUT2D eigenvalue weighted by Crippen LogP contribution is -2.39. The number of anilines is 1. The smallest absolute Gasteiger partial charge is 0.305 e. The van der Waals surface area contributed by atoms with Crippen LogP contribution in [-0.4, -0.2) is 34.4 Å². The molecule has 0 saturated heterocycles. The summed E-state index contributed by atoms with van der Waals surface area (Å²) in [6.07, 6.45) is 2.29. The van der Waals surface area contributed by atoms with Crippen molar-refractivity contribution in [3.63, 3.8) is 0 Å². The second-order valence-electron chi connectivity index (χ2n) is 7.30. The largest absolute Gasteiger partial charge is 0.481 e. The van der Waals surface area contributed by atoms with Crippen molar-refractivity contribution >= 4 is 23.5 Å². The molecule has 3 rings (SSSR count).